The number of aryl methyl sites for hydroxylation is 3. The standard InChI is InChI=1S/C17H16BrN3O/c1-10-4-5-11(2)14(8-10)20-17(22)16-12(3)19-15-7-6-13(18)9-21(15)16/h4-9H,1-3H3,(H,20,22). The summed E-state index contributed by atoms with van der Waals surface area (Å²) in [6, 6.07) is 9.80. The maximum Gasteiger partial charge on any atom is 0.274 e. The summed E-state index contributed by atoms with van der Waals surface area (Å²) in [6.45, 7) is 5.83. The third kappa shape index (κ3) is 2.64. The summed E-state index contributed by atoms with van der Waals surface area (Å²) < 4.78 is 2.71. The predicted octanol–water partition coefficient (Wildman–Crippen LogP) is 4.27. The van der Waals surface area contributed by atoms with E-state index in [1.54, 1.807) is 4.40 Å². The molecule has 0 unspecified atom stereocenters. The Morgan fingerprint density at radius 3 is 2.73 bits per heavy atom. The van der Waals surface area contributed by atoms with Crippen LogP contribution >= 0.6 is 15.9 Å². The Kier molecular flexibility index (Phi) is 3.74. The van der Waals surface area contributed by atoms with E-state index in [0.29, 0.717) is 11.4 Å². The van der Waals surface area contributed by atoms with Gasteiger partial charge in [-0.3, -0.25) is 9.20 Å². The Bertz CT molecular complexity index is 883. The first-order chi connectivity index (χ1) is 10.5. The number of nitrogens with zero attached hydrogens (tertiary/aromatic N) is 2. The second kappa shape index (κ2) is 5.57. The Morgan fingerprint density at radius 2 is 1.95 bits per heavy atom. The van der Waals surface area contributed by atoms with Gasteiger partial charge in [-0.25, -0.2) is 4.98 Å². The van der Waals surface area contributed by atoms with Crippen LogP contribution in [0.15, 0.2) is 41.0 Å². The smallest absolute Gasteiger partial charge is 0.274 e. The maximum absolute atomic E-state index is 12.7. The summed E-state index contributed by atoms with van der Waals surface area (Å²) in [7, 11) is 0. The quantitative estimate of drug-likeness (QED) is 0.744. The number of nitrogens with one attached hydrogen (secondary N) is 1. The summed E-state index contributed by atoms with van der Waals surface area (Å²) in [6.07, 6.45) is 1.85. The number of hydrogen-bond donors (Lipinski definition) is 1. The fraction of sp³-hybridized carbons (Fsp3) is 0.176. The molecule has 0 saturated carbocycles. The number of rotatable bonds is 2. The van der Waals surface area contributed by atoms with Crippen molar-refractivity contribution < 1.29 is 4.79 Å². The molecule has 1 amide bonds. The number of halogens is 1. The molecular weight excluding hydrogens is 342 g/mol. The van der Waals surface area contributed by atoms with Crippen molar-refractivity contribution in [1.82, 2.24) is 9.38 Å². The number of carbonyl (C=O) groups is 1. The number of amides is 1. The highest BCUT2D eigenvalue weighted by Crippen LogP contribution is 2.20. The Morgan fingerprint density at radius 1 is 1.18 bits per heavy atom. The van der Waals surface area contributed by atoms with E-state index in [1.165, 1.54) is 0 Å². The molecule has 0 aliphatic carbocycles. The van der Waals surface area contributed by atoms with E-state index in [9.17, 15) is 4.79 Å². The fourth-order valence-electron chi connectivity index (χ4n) is 2.46. The molecule has 2 aromatic heterocycles. The minimum Gasteiger partial charge on any atom is -0.320 e. The number of hydrogen-bond acceptors (Lipinski definition) is 2. The molecule has 1 N–H and O–H groups in total. The number of benzene rings is 1. The van der Waals surface area contributed by atoms with Gasteiger partial charge in [-0.2, -0.15) is 0 Å². The second-order valence-corrected chi connectivity index (χ2v) is 6.31. The lowest BCUT2D eigenvalue weighted by atomic mass is 10.1. The molecule has 0 bridgehead atoms. The molecule has 0 saturated heterocycles. The van der Waals surface area contributed by atoms with Crippen molar-refractivity contribution in [3.8, 4) is 0 Å². The minimum absolute atomic E-state index is 0.156. The SMILES string of the molecule is Cc1ccc(C)c(NC(=O)c2c(C)nc3ccc(Br)cn23)c1. The van der Waals surface area contributed by atoms with Crippen molar-refractivity contribution >= 4 is 33.2 Å². The lowest BCUT2D eigenvalue weighted by molar-refractivity contribution is 0.102. The molecule has 112 valence electrons. The number of pyridine rings is 1. The van der Waals surface area contributed by atoms with Gasteiger partial charge < -0.3 is 5.32 Å². The van der Waals surface area contributed by atoms with Crippen LogP contribution < -0.4 is 5.32 Å². The molecular formula is C17H16BrN3O. The van der Waals surface area contributed by atoms with Crippen LogP contribution in [-0.4, -0.2) is 15.3 Å². The molecule has 0 atom stereocenters. The monoisotopic (exact) mass is 357 g/mol. The van der Waals surface area contributed by atoms with Crippen molar-refractivity contribution in [2.24, 2.45) is 0 Å². The molecule has 3 rings (SSSR count). The zero-order valence-corrected chi connectivity index (χ0v) is 14.2. The first kappa shape index (κ1) is 14.8. The summed E-state index contributed by atoms with van der Waals surface area (Å²) in [5.74, 6) is -0.156. The molecule has 0 fully saturated rings. The molecule has 0 aliphatic rings. The third-order valence-electron chi connectivity index (χ3n) is 3.61. The van der Waals surface area contributed by atoms with Gasteiger partial charge in [-0.15, -0.1) is 0 Å². The average Bonchev–Trinajstić information content (AvgIpc) is 2.78. The Labute approximate surface area is 137 Å². The molecule has 3 aromatic rings. The van der Waals surface area contributed by atoms with Crippen molar-refractivity contribution in [1.29, 1.82) is 0 Å². The summed E-state index contributed by atoms with van der Waals surface area (Å²) in [4.78, 5) is 17.1. The largest absolute Gasteiger partial charge is 0.320 e. The number of imidazole rings is 1. The average molecular weight is 358 g/mol. The zero-order valence-electron chi connectivity index (χ0n) is 12.6. The lowest BCUT2D eigenvalue weighted by Crippen LogP contribution is -2.16. The van der Waals surface area contributed by atoms with Gasteiger partial charge in [0, 0.05) is 16.4 Å². The van der Waals surface area contributed by atoms with E-state index in [2.05, 4.69) is 26.2 Å². The zero-order chi connectivity index (χ0) is 15.9. The van der Waals surface area contributed by atoms with Gasteiger partial charge in [0.2, 0.25) is 0 Å². The first-order valence-electron chi connectivity index (χ1n) is 6.98. The minimum atomic E-state index is -0.156. The second-order valence-electron chi connectivity index (χ2n) is 5.39. The van der Waals surface area contributed by atoms with Gasteiger partial charge in [0.05, 0.1) is 5.69 Å². The van der Waals surface area contributed by atoms with Crippen LogP contribution in [0.4, 0.5) is 5.69 Å². The molecule has 2 heterocycles. The van der Waals surface area contributed by atoms with Crippen molar-refractivity contribution in [2.45, 2.75) is 20.8 Å². The van der Waals surface area contributed by atoms with Gasteiger partial charge in [-0.05, 0) is 66.0 Å². The summed E-state index contributed by atoms with van der Waals surface area (Å²) >= 11 is 3.43. The molecule has 0 radical (unpaired) electrons. The van der Waals surface area contributed by atoms with Crippen molar-refractivity contribution in [3.63, 3.8) is 0 Å². The molecule has 0 spiro atoms. The van der Waals surface area contributed by atoms with E-state index in [1.807, 2.05) is 57.3 Å². The van der Waals surface area contributed by atoms with Crippen LogP contribution in [0.25, 0.3) is 5.65 Å². The highest BCUT2D eigenvalue weighted by molar-refractivity contribution is 9.10. The lowest BCUT2D eigenvalue weighted by Gasteiger charge is -2.10. The fourth-order valence-corrected chi connectivity index (χ4v) is 2.80. The molecule has 0 aliphatic heterocycles. The number of aromatic nitrogens is 2. The van der Waals surface area contributed by atoms with E-state index in [-0.39, 0.29) is 5.91 Å². The van der Waals surface area contributed by atoms with Gasteiger partial charge >= 0.3 is 0 Å². The summed E-state index contributed by atoms with van der Waals surface area (Å²) in [5.41, 5.74) is 4.99. The van der Waals surface area contributed by atoms with Crippen LogP contribution in [0.3, 0.4) is 0 Å². The topological polar surface area (TPSA) is 46.4 Å². The van der Waals surface area contributed by atoms with E-state index < -0.39 is 0 Å². The highest BCUT2D eigenvalue weighted by Gasteiger charge is 2.17. The van der Waals surface area contributed by atoms with Crippen LogP contribution in [0.5, 0.6) is 0 Å². The van der Waals surface area contributed by atoms with Gasteiger partial charge in [-0.1, -0.05) is 12.1 Å². The van der Waals surface area contributed by atoms with E-state index in [0.717, 1.165) is 26.9 Å². The maximum atomic E-state index is 12.7. The Hall–Kier alpha value is -2.14. The van der Waals surface area contributed by atoms with Crippen molar-refractivity contribution in [3.05, 3.63) is 63.5 Å². The van der Waals surface area contributed by atoms with Gasteiger partial charge in [0.1, 0.15) is 11.3 Å². The number of anilines is 1. The predicted molar refractivity (Wildman–Crippen MR) is 91.5 cm³/mol. The Balaban J connectivity index is 2.04. The normalized spacial score (nSPS) is 10.9. The van der Waals surface area contributed by atoms with Crippen LogP contribution in [0, 0.1) is 20.8 Å². The van der Waals surface area contributed by atoms with Crippen LogP contribution in [0.1, 0.15) is 27.3 Å². The molecule has 22 heavy (non-hydrogen) atoms. The summed E-state index contributed by atoms with van der Waals surface area (Å²) in [5, 5.41) is 2.99. The first-order valence-corrected chi connectivity index (χ1v) is 7.78. The van der Waals surface area contributed by atoms with E-state index >= 15 is 0 Å². The van der Waals surface area contributed by atoms with Gasteiger partial charge in [0.25, 0.3) is 5.91 Å². The number of fused-ring (bicyclic) bond motifs is 1. The van der Waals surface area contributed by atoms with Crippen LogP contribution in [-0.2, 0) is 0 Å². The van der Waals surface area contributed by atoms with Crippen LogP contribution in [0.2, 0.25) is 0 Å². The molecule has 1 aromatic carbocycles. The molecule has 4 nitrogen and oxygen atoms in total. The third-order valence-corrected chi connectivity index (χ3v) is 4.08. The van der Waals surface area contributed by atoms with Gasteiger partial charge in [0.15, 0.2) is 0 Å². The van der Waals surface area contributed by atoms with E-state index in [4.69, 9.17) is 0 Å². The number of carbonyl (C=O) groups excluding carboxylic acids is 1. The highest BCUT2D eigenvalue weighted by atomic mass is 79.9. The molecule has 5 heteroatoms. The van der Waals surface area contributed by atoms with Crippen molar-refractivity contribution in [2.75, 3.05) is 5.32 Å².